The summed E-state index contributed by atoms with van der Waals surface area (Å²) in [5.41, 5.74) is 3.91. The van der Waals surface area contributed by atoms with Crippen molar-refractivity contribution in [2.24, 2.45) is 10.9 Å². The van der Waals surface area contributed by atoms with Crippen LogP contribution in [0.1, 0.15) is 40.2 Å². The number of aliphatic imine (C=N–C) groups is 1. The average Bonchev–Trinajstić information content (AvgIpc) is 2.76. The van der Waals surface area contributed by atoms with Gasteiger partial charge in [0, 0.05) is 29.8 Å². The minimum absolute atomic E-state index is 0.0166. The van der Waals surface area contributed by atoms with Crippen molar-refractivity contribution in [2.45, 2.75) is 25.7 Å². The smallest absolute Gasteiger partial charge is 0.335 e. The zero-order valence-corrected chi connectivity index (χ0v) is 13.7. The molecule has 1 aromatic rings. The molecule has 0 saturated carbocycles. The Morgan fingerprint density at radius 1 is 1.36 bits per heavy atom. The monoisotopic (exact) mass is 340 g/mol. The molecule has 3 aliphatic rings. The fraction of sp³-hybridized carbons (Fsp3) is 0.316. The van der Waals surface area contributed by atoms with Crippen molar-refractivity contribution in [1.29, 1.82) is 0 Å². The summed E-state index contributed by atoms with van der Waals surface area (Å²) in [4.78, 5) is 27.0. The quantitative estimate of drug-likeness (QED) is 0.869. The molecule has 0 radical (unpaired) electrons. The molecule has 0 bridgehead atoms. The Kier molecular flexibility index (Phi) is 3.56. The van der Waals surface area contributed by atoms with E-state index in [0.29, 0.717) is 29.8 Å². The van der Waals surface area contributed by atoms with Crippen molar-refractivity contribution in [3.05, 3.63) is 57.8 Å². The van der Waals surface area contributed by atoms with E-state index in [2.05, 4.69) is 10.3 Å². The molecule has 128 valence electrons. The summed E-state index contributed by atoms with van der Waals surface area (Å²) >= 11 is 0. The van der Waals surface area contributed by atoms with E-state index >= 15 is 0 Å². The van der Waals surface area contributed by atoms with Crippen molar-refractivity contribution in [3.63, 3.8) is 0 Å². The van der Waals surface area contributed by atoms with Gasteiger partial charge in [0.05, 0.1) is 5.56 Å². The van der Waals surface area contributed by atoms with Crippen LogP contribution in [-0.2, 0) is 4.79 Å². The molecule has 4 rings (SSSR count). The Labute approximate surface area is 144 Å². The normalized spacial score (nSPS) is 25.0. The number of carbonyl (C=O) groups excluding carboxylic acids is 1. The fourth-order valence-electron chi connectivity index (χ4n) is 4.06. The number of nitrogens with zero attached hydrogens (tertiary/aromatic N) is 1. The zero-order valence-electron chi connectivity index (χ0n) is 13.7. The second-order valence-electron chi connectivity index (χ2n) is 6.78. The molecule has 1 aromatic carbocycles. The first-order valence-electron chi connectivity index (χ1n) is 8.25. The molecule has 0 saturated heterocycles. The highest BCUT2D eigenvalue weighted by molar-refractivity contribution is 6.07. The lowest BCUT2D eigenvalue weighted by atomic mass is 9.75. The summed E-state index contributed by atoms with van der Waals surface area (Å²) in [6, 6.07) is 5.34. The summed E-state index contributed by atoms with van der Waals surface area (Å²) in [5.74, 6) is -1.67. The highest BCUT2D eigenvalue weighted by atomic mass is 19.1. The lowest BCUT2D eigenvalue weighted by molar-refractivity contribution is -0.116. The number of hydrogen-bond donors (Lipinski definition) is 2. The van der Waals surface area contributed by atoms with Gasteiger partial charge in [0.15, 0.2) is 0 Å². The van der Waals surface area contributed by atoms with Gasteiger partial charge in [0.2, 0.25) is 11.9 Å². The standard InChI is InChI=1S/C19H17FN2O3/c1-9-4-10(2-3-13(9)19(24)25)11-5-12-8-21-16(23)7-14-17(12)15(6-11)22-18(14)20/h2-4,7,11-12H,5-6,8H2,1H3,(H,21,23)(H,24,25). The van der Waals surface area contributed by atoms with Crippen LogP contribution in [0.3, 0.4) is 0 Å². The second kappa shape index (κ2) is 5.65. The molecule has 1 amide bonds. The summed E-state index contributed by atoms with van der Waals surface area (Å²) < 4.78 is 14.2. The highest BCUT2D eigenvalue weighted by Gasteiger charge is 2.38. The number of carboxylic acid groups (broad SMARTS) is 1. The molecule has 0 fully saturated rings. The molecule has 5 nitrogen and oxygen atoms in total. The first-order chi connectivity index (χ1) is 11.9. The Balaban J connectivity index is 1.70. The van der Waals surface area contributed by atoms with Crippen LogP contribution in [0.2, 0.25) is 0 Å². The van der Waals surface area contributed by atoms with Gasteiger partial charge in [-0.2, -0.15) is 4.39 Å². The number of benzene rings is 1. The maximum Gasteiger partial charge on any atom is 0.335 e. The van der Waals surface area contributed by atoms with Gasteiger partial charge < -0.3 is 10.4 Å². The number of aromatic carboxylic acids is 1. The molecular formula is C19H17FN2O3. The van der Waals surface area contributed by atoms with E-state index in [4.69, 9.17) is 0 Å². The zero-order chi connectivity index (χ0) is 17.7. The summed E-state index contributed by atoms with van der Waals surface area (Å²) in [6.07, 6.45) is 2.66. The maximum atomic E-state index is 14.2. The van der Waals surface area contributed by atoms with E-state index in [9.17, 15) is 19.1 Å². The predicted octanol–water partition coefficient (Wildman–Crippen LogP) is 2.88. The lowest BCUT2D eigenvalue weighted by Crippen LogP contribution is -2.29. The first kappa shape index (κ1) is 15.7. The number of hydrogen-bond acceptors (Lipinski definition) is 3. The predicted molar refractivity (Wildman–Crippen MR) is 90.3 cm³/mol. The van der Waals surface area contributed by atoms with Crippen LogP contribution in [0.25, 0.3) is 0 Å². The Bertz CT molecular complexity index is 898. The third-order valence-electron chi connectivity index (χ3n) is 5.22. The molecule has 2 N–H and O–H groups in total. The number of allylic oxidation sites excluding steroid dienone is 2. The van der Waals surface area contributed by atoms with Crippen LogP contribution < -0.4 is 5.32 Å². The largest absolute Gasteiger partial charge is 0.478 e. The molecule has 2 atom stereocenters. The van der Waals surface area contributed by atoms with Crippen LogP contribution >= 0.6 is 0 Å². The number of carbonyl (C=O) groups is 2. The van der Waals surface area contributed by atoms with E-state index < -0.39 is 11.9 Å². The number of halogens is 1. The number of nitrogens with one attached hydrogen (secondary N) is 1. The van der Waals surface area contributed by atoms with Crippen LogP contribution in [0.4, 0.5) is 4.39 Å². The van der Waals surface area contributed by atoms with Gasteiger partial charge >= 0.3 is 5.97 Å². The Hall–Kier alpha value is -2.76. The van der Waals surface area contributed by atoms with Gasteiger partial charge in [-0.1, -0.05) is 12.1 Å². The molecular weight excluding hydrogens is 323 g/mol. The topological polar surface area (TPSA) is 78.8 Å². The molecule has 0 spiro atoms. The van der Waals surface area contributed by atoms with Gasteiger partial charge in [0.1, 0.15) is 0 Å². The molecule has 2 unspecified atom stereocenters. The molecule has 0 aromatic heterocycles. The lowest BCUT2D eigenvalue weighted by Gasteiger charge is -2.30. The van der Waals surface area contributed by atoms with Crippen LogP contribution in [0.15, 0.2) is 46.1 Å². The fourth-order valence-corrected chi connectivity index (χ4v) is 4.06. The van der Waals surface area contributed by atoms with Gasteiger partial charge in [-0.15, -0.1) is 0 Å². The van der Waals surface area contributed by atoms with Gasteiger partial charge in [-0.25, -0.2) is 9.79 Å². The molecule has 1 aliphatic carbocycles. The number of amides is 1. The van der Waals surface area contributed by atoms with Crippen molar-refractivity contribution < 1.29 is 19.1 Å². The van der Waals surface area contributed by atoms with Crippen LogP contribution in [-0.4, -0.2) is 29.5 Å². The van der Waals surface area contributed by atoms with Crippen LogP contribution in [0, 0.1) is 12.8 Å². The van der Waals surface area contributed by atoms with E-state index in [1.807, 2.05) is 12.1 Å². The van der Waals surface area contributed by atoms with Crippen molar-refractivity contribution in [3.8, 4) is 0 Å². The van der Waals surface area contributed by atoms with E-state index in [-0.39, 0.29) is 23.3 Å². The van der Waals surface area contributed by atoms with E-state index in [1.165, 1.54) is 6.08 Å². The molecule has 6 heteroatoms. The van der Waals surface area contributed by atoms with Crippen molar-refractivity contribution in [1.82, 2.24) is 5.32 Å². The van der Waals surface area contributed by atoms with E-state index in [1.54, 1.807) is 13.0 Å². The minimum Gasteiger partial charge on any atom is -0.478 e. The first-order valence-corrected chi connectivity index (χ1v) is 8.25. The third-order valence-corrected chi connectivity index (χ3v) is 5.22. The van der Waals surface area contributed by atoms with Gasteiger partial charge in [-0.3, -0.25) is 4.79 Å². The van der Waals surface area contributed by atoms with Crippen LogP contribution in [0.5, 0.6) is 0 Å². The van der Waals surface area contributed by atoms with Crippen molar-refractivity contribution >= 4 is 17.8 Å². The minimum atomic E-state index is -0.943. The SMILES string of the molecule is Cc1cc(C2CC3=C4C(=CC(=O)NCC4C2)C(F)=N3)ccc1C(=O)O. The van der Waals surface area contributed by atoms with Gasteiger partial charge in [0.25, 0.3) is 0 Å². The summed E-state index contributed by atoms with van der Waals surface area (Å²) in [7, 11) is 0. The number of rotatable bonds is 2. The van der Waals surface area contributed by atoms with Gasteiger partial charge in [-0.05, 0) is 48.4 Å². The number of carboxylic acids is 1. The maximum absolute atomic E-state index is 14.2. The Morgan fingerprint density at radius 3 is 2.88 bits per heavy atom. The molecule has 2 heterocycles. The van der Waals surface area contributed by atoms with E-state index in [0.717, 1.165) is 17.6 Å². The molecule has 2 aliphatic heterocycles. The average molecular weight is 340 g/mol. The highest BCUT2D eigenvalue weighted by Crippen LogP contribution is 2.46. The van der Waals surface area contributed by atoms with Crippen molar-refractivity contribution in [2.75, 3.05) is 6.54 Å². The summed E-state index contributed by atoms with van der Waals surface area (Å²) in [5, 5.41) is 12.0. The third kappa shape index (κ3) is 2.58. The Morgan fingerprint density at radius 2 is 2.16 bits per heavy atom. The molecule has 25 heavy (non-hydrogen) atoms. The second-order valence-corrected chi connectivity index (χ2v) is 6.78. The summed E-state index contributed by atoms with van der Waals surface area (Å²) in [6.45, 7) is 2.24. The number of aryl methyl sites for hydroxylation is 1.